The fourth-order valence-electron chi connectivity index (χ4n) is 7.19. The molecule has 5 amide bonds. The number of primary amides is 1. The number of likely N-dealkylation sites (N-methyl/N-ethyl adjacent to an activating group) is 1. The van der Waals surface area contributed by atoms with Gasteiger partial charge in [-0.05, 0) is 53.1 Å². The van der Waals surface area contributed by atoms with Gasteiger partial charge in [0.1, 0.15) is 12.1 Å². The van der Waals surface area contributed by atoms with Crippen molar-refractivity contribution in [2.45, 2.75) is 97.2 Å². The number of amides is 5. The van der Waals surface area contributed by atoms with E-state index >= 15 is 0 Å². The lowest BCUT2D eigenvalue weighted by atomic mass is 9.84. The molecule has 1 saturated heterocycles. The van der Waals surface area contributed by atoms with E-state index in [0.29, 0.717) is 10.7 Å². The van der Waals surface area contributed by atoms with E-state index in [4.69, 9.17) is 5.73 Å². The minimum Gasteiger partial charge on any atom is -0.363 e. The van der Waals surface area contributed by atoms with Gasteiger partial charge in [-0.15, -0.1) is 0 Å². The fourth-order valence-corrected chi connectivity index (χ4v) is 8.36. The second-order valence-electron chi connectivity index (χ2n) is 15.9. The Morgan fingerprint density at radius 1 is 1.02 bits per heavy atom. The SMILES string of the molecule is CC(C)[C@H](NC(=O)N[C@H](C(=O)N1C[C@H]2[C@@H]([C@H]1C(=O)CC(CC1CC1)C(=O)C(N)=O)C2(C)C)C(C)(C)C)C(=O)N(C)S(=O)(=O)c1ccccc1. The number of hydrogen-bond donors (Lipinski definition) is 3. The van der Waals surface area contributed by atoms with Crippen LogP contribution >= 0.6 is 0 Å². The standard InChI is InChI=1S/C35H51N5O8S/c1-19(2)26(31(44)39(8)49(47,48)22-12-10-9-11-13-22)37-33(46)38-29(34(3,4)5)32(45)40-18-23-25(35(23,6)7)27(40)24(41)17-21(16-20-14-15-20)28(42)30(36)43/h9-13,19-21,23,25-27,29H,14-18H2,1-8H3,(H2,36,43)(H2,37,38,46)/t21?,23-,25-,26-,27+,29+/m0/s1. The van der Waals surface area contributed by atoms with Crippen LogP contribution in [0.25, 0.3) is 0 Å². The number of carbonyl (C=O) groups excluding carboxylic acids is 6. The lowest BCUT2D eigenvalue weighted by molar-refractivity contribution is -0.144. The van der Waals surface area contributed by atoms with Crippen molar-refractivity contribution in [2.24, 2.45) is 46.2 Å². The molecule has 0 radical (unpaired) electrons. The van der Waals surface area contributed by atoms with Crippen molar-refractivity contribution in [1.29, 1.82) is 0 Å². The van der Waals surface area contributed by atoms with Crippen molar-refractivity contribution in [3.05, 3.63) is 30.3 Å². The molecule has 4 rings (SSSR count). The van der Waals surface area contributed by atoms with E-state index in [1.165, 1.54) is 29.2 Å². The quantitative estimate of drug-likeness (QED) is 0.246. The highest BCUT2D eigenvalue weighted by Gasteiger charge is 2.69. The van der Waals surface area contributed by atoms with Crippen LogP contribution in [0.3, 0.4) is 0 Å². The summed E-state index contributed by atoms with van der Waals surface area (Å²) in [4.78, 5) is 81.2. The second-order valence-corrected chi connectivity index (χ2v) is 17.9. The molecule has 0 aromatic heterocycles. The molecule has 1 unspecified atom stereocenters. The van der Waals surface area contributed by atoms with Crippen LogP contribution in [0.15, 0.2) is 35.2 Å². The fraction of sp³-hybridized carbons (Fsp3) is 0.657. The third-order valence-electron chi connectivity index (χ3n) is 10.5. The summed E-state index contributed by atoms with van der Waals surface area (Å²) in [5.74, 6) is -4.70. The highest BCUT2D eigenvalue weighted by atomic mass is 32.2. The summed E-state index contributed by atoms with van der Waals surface area (Å²) in [6, 6.07) is 3.39. The number of sulfonamides is 1. The molecule has 270 valence electrons. The minimum atomic E-state index is -4.20. The number of piperidine rings is 1. The van der Waals surface area contributed by atoms with Crippen LogP contribution in [0.5, 0.6) is 0 Å². The molecule has 13 nitrogen and oxygen atoms in total. The Bertz CT molecular complexity index is 1600. The molecular weight excluding hydrogens is 650 g/mol. The van der Waals surface area contributed by atoms with Gasteiger partial charge in [-0.2, -0.15) is 0 Å². The number of rotatable bonds is 14. The molecule has 6 atom stereocenters. The van der Waals surface area contributed by atoms with Gasteiger partial charge in [0.05, 0.1) is 10.9 Å². The summed E-state index contributed by atoms with van der Waals surface area (Å²) in [5.41, 5.74) is 4.27. The summed E-state index contributed by atoms with van der Waals surface area (Å²) in [6.45, 7) is 13.0. The van der Waals surface area contributed by atoms with Gasteiger partial charge in [0.2, 0.25) is 11.7 Å². The van der Waals surface area contributed by atoms with E-state index in [1.54, 1.807) is 40.7 Å². The Labute approximate surface area is 289 Å². The Hall–Kier alpha value is -3.81. The third kappa shape index (κ3) is 7.99. The Morgan fingerprint density at radius 3 is 2.12 bits per heavy atom. The number of likely N-dealkylation sites (tertiary alicyclic amines) is 1. The normalized spacial score (nSPS) is 23.1. The molecule has 1 aromatic rings. The molecule has 2 aliphatic carbocycles. The molecule has 1 aromatic carbocycles. The summed E-state index contributed by atoms with van der Waals surface area (Å²) in [6.07, 6.45) is 2.05. The molecule has 1 aliphatic heterocycles. The predicted molar refractivity (Wildman–Crippen MR) is 181 cm³/mol. The smallest absolute Gasteiger partial charge is 0.316 e. The zero-order valence-electron chi connectivity index (χ0n) is 29.7. The van der Waals surface area contributed by atoms with E-state index in [-0.39, 0.29) is 46.8 Å². The largest absolute Gasteiger partial charge is 0.363 e. The van der Waals surface area contributed by atoms with Crippen molar-refractivity contribution >= 4 is 45.3 Å². The van der Waals surface area contributed by atoms with Gasteiger partial charge in [0.15, 0.2) is 5.78 Å². The zero-order valence-corrected chi connectivity index (χ0v) is 30.5. The van der Waals surface area contributed by atoms with Crippen LogP contribution in [0.1, 0.15) is 74.1 Å². The maximum Gasteiger partial charge on any atom is 0.316 e. The zero-order chi connectivity index (χ0) is 36.8. The maximum atomic E-state index is 14.3. The van der Waals surface area contributed by atoms with E-state index in [2.05, 4.69) is 10.6 Å². The number of ketones is 2. The summed E-state index contributed by atoms with van der Waals surface area (Å²) in [7, 11) is -3.07. The number of nitrogens with two attached hydrogens (primary N) is 1. The lowest BCUT2D eigenvalue weighted by Crippen LogP contribution is -2.61. The van der Waals surface area contributed by atoms with Gasteiger partial charge in [0.25, 0.3) is 21.8 Å². The molecule has 49 heavy (non-hydrogen) atoms. The van der Waals surface area contributed by atoms with Gasteiger partial charge >= 0.3 is 6.03 Å². The third-order valence-corrected chi connectivity index (χ3v) is 12.3. The molecular formula is C35H51N5O8S. The van der Waals surface area contributed by atoms with E-state index in [1.807, 2.05) is 13.8 Å². The maximum absolute atomic E-state index is 14.3. The topological polar surface area (TPSA) is 193 Å². The number of fused-ring (bicyclic) bond motifs is 1. The van der Waals surface area contributed by atoms with Crippen LogP contribution in [0, 0.1) is 40.4 Å². The average molecular weight is 702 g/mol. The first-order valence-corrected chi connectivity index (χ1v) is 18.4. The van der Waals surface area contributed by atoms with Crippen LogP contribution < -0.4 is 16.4 Å². The number of carbonyl (C=O) groups is 6. The van der Waals surface area contributed by atoms with Gasteiger partial charge in [-0.25, -0.2) is 17.5 Å². The summed E-state index contributed by atoms with van der Waals surface area (Å²) in [5, 5.41) is 5.30. The number of nitrogens with one attached hydrogen (secondary N) is 2. The van der Waals surface area contributed by atoms with Crippen molar-refractivity contribution in [1.82, 2.24) is 19.8 Å². The summed E-state index contributed by atoms with van der Waals surface area (Å²) >= 11 is 0. The van der Waals surface area contributed by atoms with Crippen LogP contribution in [0.2, 0.25) is 0 Å². The lowest BCUT2D eigenvalue weighted by Gasteiger charge is -2.38. The van der Waals surface area contributed by atoms with Crippen LogP contribution in [-0.2, 0) is 34.0 Å². The van der Waals surface area contributed by atoms with Gasteiger partial charge < -0.3 is 21.3 Å². The van der Waals surface area contributed by atoms with Gasteiger partial charge in [0, 0.05) is 25.9 Å². The molecule has 3 aliphatic rings. The van der Waals surface area contributed by atoms with Gasteiger partial charge in [-0.1, -0.05) is 79.5 Å². The molecule has 2 saturated carbocycles. The monoisotopic (exact) mass is 701 g/mol. The van der Waals surface area contributed by atoms with Gasteiger partial charge in [-0.3, -0.25) is 24.0 Å². The minimum absolute atomic E-state index is 0.0404. The Kier molecular flexibility index (Phi) is 10.7. The van der Waals surface area contributed by atoms with Crippen molar-refractivity contribution in [3.8, 4) is 0 Å². The molecule has 3 fully saturated rings. The van der Waals surface area contributed by atoms with Crippen LogP contribution in [-0.4, -0.2) is 84.7 Å². The number of benzene rings is 1. The molecule has 4 N–H and O–H groups in total. The van der Waals surface area contributed by atoms with Crippen molar-refractivity contribution < 1.29 is 37.2 Å². The number of nitrogens with zero attached hydrogens (tertiary/aromatic N) is 2. The van der Waals surface area contributed by atoms with Crippen molar-refractivity contribution in [3.63, 3.8) is 0 Å². The highest BCUT2D eigenvalue weighted by Crippen LogP contribution is 2.65. The van der Waals surface area contributed by atoms with Crippen molar-refractivity contribution in [2.75, 3.05) is 13.6 Å². The molecule has 14 heteroatoms. The van der Waals surface area contributed by atoms with E-state index in [9.17, 15) is 37.2 Å². The summed E-state index contributed by atoms with van der Waals surface area (Å²) < 4.78 is 26.9. The first-order chi connectivity index (χ1) is 22.6. The first-order valence-electron chi connectivity index (χ1n) is 16.9. The second kappa shape index (κ2) is 13.8. The highest BCUT2D eigenvalue weighted by molar-refractivity contribution is 7.89. The van der Waals surface area contributed by atoms with E-state index < -0.39 is 74.9 Å². The number of Topliss-reactive ketones (excluding diaryl/α,β-unsaturated/α-hetero) is 2. The predicted octanol–water partition coefficient (Wildman–Crippen LogP) is 2.49. The first kappa shape index (κ1) is 38.0. The van der Waals surface area contributed by atoms with Crippen LogP contribution in [0.4, 0.5) is 4.79 Å². The Morgan fingerprint density at radius 2 is 1.61 bits per heavy atom. The Balaban J connectivity index is 1.53. The van der Waals surface area contributed by atoms with E-state index in [0.717, 1.165) is 19.9 Å². The molecule has 1 heterocycles. The number of urea groups is 1. The average Bonchev–Trinajstić information content (AvgIpc) is 3.87. The number of hydrogen-bond acceptors (Lipinski definition) is 8. The molecule has 0 spiro atoms. The molecule has 0 bridgehead atoms.